The third-order valence-corrected chi connectivity index (χ3v) is 4.75. The van der Waals surface area contributed by atoms with E-state index in [9.17, 15) is 4.79 Å². The SMILES string of the molecule is CCCc1c(-c2ccccc2)c2ccccc2n(-c2ccccc2)c1=O. The van der Waals surface area contributed by atoms with Crippen molar-refractivity contribution in [1.29, 1.82) is 0 Å². The van der Waals surface area contributed by atoms with Crippen molar-refractivity contribution in [2.75, 3.05) is 0 Å². The second-order valence-corrected chi connectivity index (χ2v) is 6.46. The Hall–Kier alpha value is -3.13. The van der Waals surface area contributed by atoms with Crippen LogP contribution in [-0.4, -0.2) is 4.57 Å². The van der Waals surface area contributed by atoms with Crippen molar-refractivity contribution >= 4 is 10.9 Å². The van der Waals surface area contributed by atoms with E-state index in [0.29, 0.717) is 0 Å². The smallest absolute Gasteiger partial charge is 0.259 e. The molecule has 0 saturated heterocycles. The van der Waals surface area contributed by atoms with Crippen LogP contribution in [-0.2, 0) is 6.42 Å². The van der Waals surface area contributed by atoms with Gasteiger partial charge in [-0.2, -0.15) is 0 Å². The van der Waals surface area contributed by atoms with Crippen molar-refractivity contribution in [3.05, 3.63) is 101 Å². The minimum atomic E-state index is 0.0793. The highest BCUT2D eigenvalue weighted by molar-refractivity contribution is 5.97. The molecule has 2 nitrogen and oxygen atoms in total. The molecule has 0 N–H and O–H groups in total. The molecule has 0 atom stereocenters. The Bertz CT molecular complexity index is 1100. The van der Waals surface area contributed by atoms with Crippen molar-refractivity contribution < 1.29 is 0 Å². The zero-order valence-corrected chi connectivity index (χ0v) is 14.9. The summed E-state index contributed by atoms with van der Waals surface area (Å²) in [6, 6.07) is 28.4. The largest absolute Gasteiger partial charge is 0.277 e. The fourth-order valence-corrected chi connectivity index (χ4v) is 3.64. The van der Waals surface area contributed by atoms with Crippen LogP contribution in [0.4, 0.5) is 0 Å². The third-order valence-electron chi connectivity index (χ3n) is 4.75. The molecule has 0 fully saturated rings. The number of aromatic nitrogens is 1. The quantitative estimate of drug-likeness (QED) is 0.473. The lowest BCUT2D eigenvalue weighted by Crippen LogP contribution is -2.24. The Kier molecular flexibility index (Phi) is 4.40. The molecule has 0 amide bonds. The summed E-state index contributed by atoms with van der Waals surface area (Å²) in [6.07, 6.45) is 1.70. The second-order valence-electron chi connectivity index (χ2n) is 6.46. The normalized spacial score (nSPS) is 11.0. The molecule has 4 rings (SSSR count). The van der Waals surface area contributed by atoms with Crippen LogP contribution in [0.5, 0.6) is 0 Å². The van der Waals surface area contributed by atoms with Crippen LogP contribution in [0.3, 0.4) is 0 Å². The summed E-state index contributed by atoms with van der Waals surface area (Å²) >= 11 is 0. The molecule has 3 aromatic carbocycles. The van der Waals surface area contributed by atoms with E-state index in [1.54, 1.807) is 0 Å². The maximum atomic E-state index is 13.5. The Labute approximate surface area is 153 Å². The lowest BCUT2D eigenvalue weighted by atomic mass is 9.93. The number of hydrogen-bond donors (Lipinski definition) is 0. The number of pyridine rings is 1. The summed E-state index contributed by atoms with van der Waals surface area (Å²) in [5.74, 6) is 0. The third kappa shape index (κ3) is 2.74. The summed E-state index contributed by atoms with van der Waals surface area (Å²) in [4.78, 5) is 13.5. The molecule has 0 aliphatic carbocycles. The molecule has 0 aliphatic heterocycles. The highest BCUT2D eigenvalue weighted by atomic mass is 16.1. The maximum absolute atomic E-state index is 13.5. The fourth-order valence-electron chi connectivity index (χ4n) is 3.64. The average Bonchev–Trinajstić information content (AvgIpc) is 2.70. The second kappa shape index (κ2) is 7.01. The first-order valence-electron chi connectivity index (χ1n) is 9.08. The van der Waals surface area contributed by atoms with Crippen molar-refractivity contribution in [3.63, 3.8) is 0 Å². The Balaban J connectivity index is 2.17. The fraction of sp³-hybridized carbons (Fsp3) is 0.125. The van der Waals surface area contributed by atoms with E-state index < -0.39 is 0 Å². The van der Waals surface area contributed by atoms with Crippen LogP contribution >= 0.6 is 0 Å². The molecule has 0 saturated carbocycles. The van der Waals surface area contributed by atoms with E-state index >= 15 is 0 Å². The van der Waals surface area contributed by atoms with Crippen LogP contribution in [0.15, 0.2) is 89.7 Å². The molecule has 1 heterocycles. The van der Waals surface area contributed by atoms with Gasteiger partial charge in [-0.15, -0.1) is 0 Å². The highest BCUT2D eigenvalue weighted by Gasteiger charge is 2.18. The number of para-hydroxylation sites is 2. The van der Waals surface area contributed by atoms with Crippen molar-refractivity contribution in [2.45, 2.75) is 19.8 Å². The van der Waals surface area contributed by atoms with E-state index in [0.717, 1.165) is 46.1 Å². The zero-order chi connectivity index (χ0) is 17.9. The zero-order valence-electron chi connectivity index (χ0n) is 14.9. The van der Waals surface area contributed by atoms with Gasteiger partial charge >= 0.3 is 0 Å². The van der Waals surface area contributed by atoms with Gasteiger partial charge < -0.3 is 0 Å². The standard InChI is InChI=1S/C24H21NO/c1-2-11-21-23(18-12-5-3-6-13-18)20-16-9-10-17-22(20)25(24(21)26)19-14-7-4-8-15-19/h3-10,12-17H,2,11H2,1H3. The number of benzene rings is 3. The average molecular weight is 339 g/mol. The maximum Gasteiger partial charge on any atom is 0.259 e. The summed E-state index contributed by atoms with van der Waals surface area (Å²) in [5.41, 5.74) is 5.00. The minimum absolute atomic E-state index is 0.0793. The number of nitrogens with zero attached hydrogens (tertiary/aromatic N) is 1. The molecular formula is C24H21NO. The van der Waals surface area contributed by atoms with Gasteiger partial charge in [0, 0.05) is 16.6 Å². The number of fused-ring (bicyclic) bond motifs is 1. The van der Waals surface area contributed by atoms with Crippen LogP contribution in [0.25, 0.3) is 27.7 Å². The van der Waals surface area contributed by atoms with Crippen LogP contribution < -0.4 is 5.56 Å². The van der Waals surface area contributed by atoms with Crippen molar-refractivity contribution in [2.24, 2.45) is 0 Å². The molecule has 2 heteroatoms. The van der Waals surface area contributed by atoms with Crippen LogP contribution in [0, 0.1) is 0 Å². The molecule has 0 radical (unpaired) electrons. The number of hydrogen-bond acceptors (Lipinski definition) is 1. The van der Waals surface area contributed by atoms with Gasteiger partial charge in [0.15, 0.2) is 0 Å². The molecule has 4 aromatic rings. The molecule has 0 aliphatic rings. The summed E-state index contributed by atoms with van der Waals surface area (Å²) in [6.45, 7) is 2.12. The Morgan fingerprint density at radius 1 is 0.769 bits per heavy atom. The summed E-state index contributed by atoms with van der Waals surface area (Å²) < 4.78 is 1.85. The van der Waals surface area contributed by atoms with Crippen LogP contribution in [0.1, 0.15) is 18.9 Å². The van der Waals surface area contributed by atoms with Gasteiger partial charge in [0.25, 0.3) is 5.56 Å². The van der Waals surface area contributed by atoms with Gasteiger partial charge in [-0.25, -0.2) is 0 Å². The molecule has 0 spiro atoms. The van der Waals surface area contributed by atoms with Crippen LogP contribution in [0.2, 0.25) is 0 Å². The molecule has 1 aromatic heterocycles. The first kappa shape index (κ1) is 16.3. The van der Waals surface area contributed by atoms with Crippen molar-refractivity contribution in [1.82, 2.24) is 4.57 Å². The molecular weight excluding hydrogens is 318 g/mol. The Morgan fingerprint density at radius 2 is 1.38 bits per heavy atom. The summed E-state index contributed by atoms with van der Waals surface area (Å²) in [7, 11) is 0. The molecule has 26 heavy (non-hydrogen) atoms. The van der Waals surface area contributed by atoms with E-state index in [1.807, 2.05) is 71.3 Å². The molecule has 0 bridgehead atoms. The monoisotopic (exact) mass is 339 g/mol. The Morgan fingerprint density at radius 3 is 2.08 bits per heavy atom. The van der Waals surface area contributed by atoms with E-state index in [4.69, 9.17) is 0 Å². The predicted octanol–water partition coefficient (Wildman–Crippen LogP) is 5.61. The molecule has 128 valence electrons. The molecule has 0 unspecified atom stereocenters. The van der Waals surface area contributed by atoms with Gasteiger partial charge in [-0.05, 0) is 35.7 Å². The van der Waals surface area contributed by atoms with Crippen molar-refractivity contribution in [3.8, 4) is 16.8 Å². The van der Waals surface area contributed by atoms with Gasteiger partial charge in [-0.3, -0.25) is 9.36 Å². The van der Waals surface area contributed by atoms with E-state index in [2.05, 4.69) is 25.1 Å². The first-order valence-corrected chi connectivity index (χ1v) is 9.08. The van der Waals surface area contributed by atoms with Gasteiger partial charge in [0.05, 0.1) is 5.52 Å². The van der Waals surface area contributed by atoms with Gasteiger partial charge in [0.2, 0.25) is 0 Å². The predicted molar refractivity (Wildman–Crippen MR) is 109 cm³/mol. The summed E-state index contributed by atoms with van der Waals surface area (Å²) in [5, 5.41) is 1.12. The lowest BCUT2D eigenvalue weighted by molar-refractivity contribution is 0.886. The van der Waals surface area contributed by atoms with E-state index in [-0.39, 0.29) is 5.56 Å². The van der Waals surface area contributed by atoms with Gasteiger partial charge in [-0.1, -0.05) is 80.1 Å². The van der Waals surface area contributed by atoms with E-state index in [1.165, 1.54) is 0 Å². The topological polar surface area (TPSA) is 22.0 Å². The number of rotatable bonds is 4. The lowest BCUT2D eigenvalue weighted by Gasteiger charge is -2.18. The minimum Gasteiger partial charge on any atom is -0.277 e. The first-order chi connectivity index (χ1) is 12.8. The van der Waals surface area contributed by atoms with Gasteiger partial charge in [0.1, 0.15) is 0 Å². The highest BCUT2D eigenvalue weighted by Crippen LogP contribution is 2.32.